The Morgan fingerprint density at radius 3 is 2.52 bits per heavy atom. The van der Waals surface area contributed by atoms with Crippen LogP contribution in [0.3, 0.4) is 0 Å². The van der Waals surface area contributed by atoms with Gasteiger partial charge in [-0.2, -0.15) is 0 Å². The Balaban J connectivity index is 1.44. The molecule has 1 aliphatic heterocycles. The predicted octanol–water partition coefficient (Wildman–Crippen LogP) is 4.91. The fourth-order valence-electron chi connectivity index (χ4n) is 3.50. The van der Waals surface area contributed by atoms with Crippen LogP contribution < -0.4 is 9.64 Å². The lowest BCUT2D eigenvalue weighted by Gasteiger charge is -2.31. The quantitative estimate of drug-likeness (QED) is 0.554. The normalized spacial score (nSPS) is 15.4. The van der Waals surface area contributed by atoms with Gasteiger partial charge in [0.2, 0.25) is 0 Å². The highest BCUT2D eigenvalue weighted by Crippen LogP contribution is 2.32. The van der Waals surface area contributed by atoms with E-state index in [2.05, 4.69) is 4.90 Å². The van der Waals surface area contributed by atoms with Crippen molar-refractivity contribution in [3.63, 3.8) is 0 Å². The molecule has 152 valence electrons. The van der Waals surface area contributed by atoms with Crippen LogP contribution in [0.1, 0.15) is 12.8 Å². The average molecular weight is 449 g/mol. The van der Waals surface area contributed by atoms with Crippen LogP contribution in [0.2, 0.25) is 5.02 Å². The van der Waals surface area contributed by atoms with Gasteiger partial charge in [-0.05, 0) is 55.3 Å². The molecule has 0 bridgehead atoms. The number of ether oxygens (including phenoxy) is 1. The molecule has 1 aromatic heterocycles. The molecule has 0 radical (unpaired) electrons. The summed E-state index contributed by atoms with van der Waals surface area (Å²) < 4.78 is 31.0. The second-order valence-corrected chi connectivity index (χ2v) is 10.4. The van der Waals surface area contributed by atoms with Crippen LogP contribution in [-0.2, 0) is 9.84 Å². The van der Waals surface area contributed by atoms with Gasteiger partial charge in [0.15, 0.2) is 15.0 Å². The molecular weight excluding hydrogens is 428 g/mol. The molecule has 1 aliphatic rings. The smallest absolute Gasteiger partial charge is 0.185 e. The van der Waals surface area contributed by atoms with Crippen LogP contribution in [0.5, 0.6) is 5.75 Å². The van der Waals surface area contributed by atoms with Crippen molar-refractivity contribution in [3.8, 4) is 17.0 Å². The monoisotopic (exact) mass is 448 g/mol. The van der Waals surface area contributed by atoms with Gasteiger partial charge < -0.3 is 9.64 Å². The number of thiazole rings is 1. The SMILES string of the molecule is COc1ccc(-c2csc(N3CCC(S(=O)(=O)c4cccc(Cl)c4)CC3)n2)cc1. The number of aromatic nitrogens is 1. The number of rotatable bonds is 5. The number of nitrogens with zero attached hydrogens (tertiary/aromatic N) is 2. The molecule has 3 aromatic rings. The van der Waals surface area contributed by atoms with E-state index in [1.165, 1.54) is 6.07 Å². The molecule has 1 fully saturated rings. The van der Waals surface area contributed by atoms with Gasteiger partial charge in [0.25, 0.3) is 0 Å². The fraction of sp³-hybridized carbons (Fsp3) is 0.286. The van der Waals surface area contributed by atoms with E-state index in [4.69, 9.17) is 21.3 Å². The molecule has 2 heterocycles. The predicted molar refractivity (Wildman–Crippen MR) is 118 cm³/mol. The Morgan fingerprint density at radius 2 is 1.86 bits per heavy atom. The van der Waals surface area contributed by atoms with Crippen molar-refractivity contribution in [1.82, 2.24) is 4.98 Å². The minimum atomic E-state index is -3.37. The first-order chi connectivity index (χ1) is 14.0. The highest BCUT2D eigenvalue weighted by Gasteiger charge is 2.32. The van der Waals surface area contributed by atoms with E-state index in [0.717, 1.165) is 22.1 Å². The molecule has 2 aromatic carbocycles. The Hall–Kier alpha value is -2.09. The van der Waals surface area contributed by atoms with E-state index in [1.54, 1.807) is 36.6 Å². The van der Waals surface area contributed by atoms with Crippen LogP contribution in [0.4, 0.5) is 5.13 Å². The maximum absolute atomic E-state index is 12.9. The van der Waals surface area contributed by atoms with Crippen molar-refractivity contribution in [2.45, 2.75) is 23.0 Å². The number of benzene rings is 2. The standard InChI is InChI=1S/C21H21ClN2O3S2/c1-27-17-7-5-15(6-8-17)20-14-28-21(23-20)24-11-9-18(10-12-24)29(25,26)19-4-2-3-16(22)13-19/h2-8,13-14,18H,9-12H2,1H3. The van der Waals surface area contributed by atoms with Crippen LogP contribution in [0, 0.1) is 0 Å². The summed E-state index contributed by atoms with van der Waals surface area (Å²) in [5.41, 5.74) is 1.95. The summed E-state index contributed by atoms with van der Waals surface area (Å²) in [5, 5.41) is 3.01. The number of anilines is 1. The molecule has 4 rings (SSSR count). The Labute approximate surface area is 179 Å². The molecule has 0 N–H and O–H groups in total. The molecule has 0 unspecified atom stereocenters. The van der Waals surface area contributed by atoms with Crippen molar-refractivity contribution in [3.05, 3.63) is 58.9 Å². The first-order valence-corrected chi connectivity index (χ1v) is 12.1. The fourth-order valence-corrected chi connectivity index (χ4v) is 6.42. The van der Waals surface area contributed by atoms with E-state index >= 15 is 0 Å². The van der Waals surface area contributed by atoms with E-state index in [0.29, 0.717) is 35.8 Å². The van der Waals surface area contributed by atoms with Crippen LogP contribution in [-0.4, -0.2) is 38.9 Å². The van der Waals surface area contributed by atoms with E-state index < -0.39 is 15.1 Å². The summed E-state index contributed by atoms with van der Waals surface area (Å²) in [6.45, 7) is 1.33. The van der Waals surface area contributed by atoms with Gasteiger partial charge in [-0.3, -0.25) is 0 Å². The van der Waals surface area contributed by atoms with Crippen LogP contribution in [0.15, 0.2) is 58.8 Å². The molecular formula is C21H21ClN2O3S2. The molecule has 0 aliphatic carbocycles. The lowest BCUT2D eigenvalue weighted by atomic mass is 10.1. The number of sulfone groups is 1. The molecule has 0 amide bonds. The molecule has 8 heteroatoms. The molecule has 1 saturated heterocycles. The first-order valence-electron chi connectivity index (χ1n) is 9.32. The van der Waals surface area contributed by atoms with Crippen molar-refractivity contribution < 1.29 is 13.2 Å². The van der Waals surface area contributed by atoms with Gasteiger partial charge in [0, 0.05) is 29.1 Å². The van der Waals surface area contributed by atoms with Gasteiger partial charge in [0.1, 0.15) is 5.75 Å². The molecule has 0 atom stereocenters. The third-order valence-electron chi connectivity index (χ3n) is 5.15. The van der Waals surface area contributed by atoms with Crippen LogP contribution in [0.25, 0.3) is 11.3 Å². The van der Waals surface area contributed by atoms with Crippen LogP contribution >= 0.6 is 22.9 Å². The van der Waals surface area contributed by atoms with Crippen molar-refractivity contribution in [2.75, 3.05) is 25.1 Å². The number of methoxy groups -OCH3 is 1. The van der Waals surface area contributed by atoms with Gasteiger partial charge in [-0.15, -0.1) is 11.3 Å². The topological polar surface area (TPSA) is 59.5 Å². The lowest BCUT2D eigenvalue weighted by Crippen LogP contribution is -2.39. The lowest BCUT2D eigenvalue weighted by molar-refractivity contribution is 0.415. The van der Waals surface area contributed by atoms with Gasteiger partial charge >= 0.3 is 0 Å². The van der Waals surface area contributed by atoms with E-state index in [1.807, 2.05) is 29.6 Å². The summed E-state index contributed by atoms with van der Waals surface area (Å²) in [5.74, 6) is 0.812. The second kappa shape index (κ2) is 8.34. The summed E-state index contributed by atoms with van der Waals surface area (Å²) >= 11 is 7.56. The Morgan fingerprint density at radius 1 is 1.14 bits per heavy atom. The number of piperidine rings is 1. The second-order valence-electron chi connectivity index (χ2n) is 6.93. The van der Waals surface area contributed by atoms with Crippen molar-refractivity contribution in [1.29, 1.82) is 0 Å². The Kier molecular flexibility index (Phi) is 5.81. The van der Waals surface area contributed by atoms with E-state index in [-0.39, 0.29) is 0 Å². The molecule has 5 nitrogen and oxygen atoms in total. The molecule has 0 saturated carbocycles. The molecule has 0 spiro atoms. The zero-order valence-corrected chi connectivity index (χ0v) is 18.3. The van der Waals surface area contributed by atoms with E-state index in [9.17, 15) is 8.42 Å². The zero-order chi connectivity index (χ0) is 20.4. The maximum Gasteiger partial charge on any atom is 0.185 e. The number of halogens is 1. The molecule has 29 heavy (non-hydrogen) atoms. The minimum absolute atomic E-state index is 0.305. The van der Waals surface area contributed by atoms with Crippen molar-refractivity contribution in [2.24, 2.45) is 0 Å². The summed E-state index contributed by atoms with van der Waals surface area (Å²) in [6, 6.07) is 14.3. The zero-order valence-electron chi connectivity index (χ0n) is 15.9. The first kappa shape index (κ1) is 20.2. The summed E-state index contributed by atoms with van der Waals surface area (Å²) in [4.78, 5) is 7.23. The third-order valence-corrected chi connectivity index (χ3v) is 8.55. The average Bonchev–Trinajstić information content (AvgIpc) is 3.24. The number of hydrogen-bond acceptors (Lipinski definition) is 6. The maximum atomic E-state index is 12.9. The van der Waals surface area contributed by atoms with Crippen molar-refractivity contribution >= 4 is 37.9 Å². The Bertz CT molecular complexity index is 1090. The summed E-state index contributed by atoms with van der Waals surface area (Å²) in [7, 11) is -1.73. The van der Waals surface area contributed by atoms with Gasteiger partial charge in [-0.1, -0.05) is 17.7 Å². The number of hydrogen-bond donors (Lipinski definition) is 0. The van der Waals surface area contributed by atoms with Gasteiger partial charge in [0.05, 0.1) is 22.9 Å². The van der Waals surface area contributed by atoms with Gasteiger partial charge in [-0.25, -0.2) is 13.4 Å². The highest BCUT2D eigenvalue weighted by atomic mass is 35.5. The largest absolute Gasteiger partial charge is 0.497 e. The summed E-state index contributed by atoms with van der Waals surface area (Å²) in [6.07, 6.45) is 1.15. The minimum Gasteiger partial charge on any atom is -0.497 e. The highest BCUT2D eigenvalue weighted by molar-refractivity contribution is 7.92. The third kappa shape index (κ3) is 4.27.